The Hall–Kier alpha value is -1.80. The van der Waals surface area contributed by atoms with Crippen LogP contribution in [0.2, 0.25) is 0 Å². The molecule has 3 rings (SSSR count). The fourth-order valence-corrected chi connectivity index (χ4v) is 2.34. The summed E-state index contributed by atoms with van der Waals surface area (Å²) in [6.45, 7) is 2.20. The van der Waals surface area contributed by atoms with Crippen molar-refractivity contribution in [3.8, 4) is 5.75 Å². The van der Waals surface area contributed by atoms with E-state index in [2.05, 4.69) is 43.3 Å². The zero-order valence-corrected chi connectivity index (χ0v) is 11.8. The average Bonchev–Trinajstić information content (AvgIpc) is 3.27. The van der Waals surface area contributed by atoms with E-state index in [9.17, 15) is 0 Å². The van der Waals surface area contributed by atoms with E-state index < -0.39 is 0 Å². The molecule has 0 amide bonds. The van der Waals surface area contributed by atoms with Crippen LogP contribution in [0.1, 0.15) is 35.1 Å². The van der Waals surface area contributed by atoms with Gasteiger partial charge in [0.1, 0.15) is 5.75 Å². The molecule has 1 aliphatic carbocycles. The van der Waals surface area contributed by atoms with Gasteiger partial charge in [-0.1, -0.05) is 30.3 Å². The second-order valence-corrected chi connectivity index (χ2v) is 5.56. The maximum absolute atomic E-state index is 9.14. The first kappa shape index (κ1) is 13.2. The van der Waals surface area contributed by atoms with Crippen LogP contribution in [0, 0.1) is 6.92 Å². The van der Waals surface area contributed by atoms with Crippen molar-refractivity contribution in [2.24, 2.45) is 0 Å². The number of aliphatic hydroxyl groups excluding tert-OH is 1. The predicted molar refractivity (Wildman–Crippen MR) is 80.0 cm³/mol. The summed E-state index contributed by atoms with van der Waals surface area (Å²) >= 11 is 0. The molecule has 1 N–H and O–H groups in total. The van der Waals surface area contributed by atoms with Gasteiger partial charge in [0.05, 0.1) is 12.7 Å². The highest BCUT2D eigenvalue weighted by molar-refractivity contribution is 5.36. The minimum Gasteiger partial charge on any atom is -0.490 e. The first-order chi connectivity index (χ1) is 9.74. The van der Waals surface area contributed by atoms with Crippen LogP contribution in [0.5, 0.6) is 5.75 Å². The molecule has 104 valence electrons. The summed E-state index contributed by atoms with van der Waals surface area (Å²) in [5.41, 5.74) is 4.79. The lowest BCUT2D eigenvalue weighted by Crippen LogP contribution is -1.97. The van der Waals surface area contributed by atoms with Crippen molar-refractivity contribution < 1.29 is 9.84 Å². The maximum Gasteiger partial charge on any atom is 0.119 e. The number of benzene rings is 2. The van der Waals surface area contributed by atoms with Gasteiger partial charge in [-0.15, -0.1) is 0 Å². The van der Waals surface area contributed by atoms with Crippen molar-refractivity contribution in [1.29, 1.82) is 0 Å². The zero-order chi connectivity index (χ0) is 13.9. The van der Waals surface area contributed by atoms with E-state index >= 15 is 0 Å². The van der Waals surface area contributed by atoms with Gasteiger partial charge in [-0.25, -0.2) is 0 Å². The molecule has 0 aliphatic heterocycles. The molecule has 0 heterocycles. The monoisotopic (exact) mass is 268 g/mol. The van der Waals surface area contributed by atoms with E-state index in [1.54, 1.807) is 0 Å². The quantitative estimate of drug-likeness (QED) is 0.897. The third-order valence-electron chi connectivity index (χ3n) is 3.73. The lowest BCUT2D eigenvalue weighted by atomic mass is 9.99. The van der Waals surface area contributed by atoms with Crippen molar-refractivity contribution in [1.82, 2.24) is 0 Å². The van der Waals surface area contributed by atoms with Crippen LogP contribution in [0.25, 0.3) is 0 Å². The fourth-order valence-electron chi connectivity index (χ4n) is 2.34. The van der Waals surface area contributed by atoms with Gasteiger partial charge in [0.25, 0.3) is 0 Å². The molecule has 1 fully saturated rings. The Kier molecular flexibility index (Phi) is 3.75. The largest absolute Gasteiger partial charge is 0.490 e. The average molecular weight is 268 g/mol. The number of hydrogen-bond acceptors (Lipinski definition) is 2. The van der Waals surface area contributed by atoms with Crippen molar-refractivity contribution in [3.63, 3.8) is 0 Å². The second kappa shape index (κ2) is 5.68. The third-order valence-corrected chi connectivity index (χ3v) is 3.73. The Labute approximate surface area is 120 Å². The molecule has 2 heteroatoms. The normalized spacial score (nSPS) is 14.3. The van der Waals surface area contributed by atoms with E-state index in [-0.39, 0.29) is 6.61 Å². The molecule has 0 spiro atoms. The Balaban J connectivity index is 1.70. The smallest absolute Gasteiger partial charge is 0.119 e. The lowest BCUT2D eigenvalue weighted by Gasteiger charge is -2.09. The number of hydrogen-bond donors (Lipinski definition) is 1. The van der Waals surface area contributed by atoms with E-state index in [1.165, 1.54) is 29.5 Å². The Morgan fingerprint density at radius 3 is 2.35 bits per heavy atom. The lowest BCUT2D eigenvalue weighted by molar-refractivity contribution is 0.281. The number of rotatable bonds is 5. The molecule has 1 aliphatic rings. The molecule has 0 atom stereocenters. The van der Waals surface area contributed by atoms with Crippen LogP contribution in [0.3, 0.4) is 0 Å². The molecule has 0 bridgehead atoms. The summed E-state index contributed by atoms with van der Waals surface area (Å²) in [6, 6.07) is 14.5. The van der Waals surface area contributed by atoms with Gasteiger partial charge in [-0.3, -0.25) is 0 Å². The van der Waals surface area contributed by atoms with Gasteiger partial charge in [-0.2, -0.15) is 0 Å². The highest BCUT2D eigenvalue weighted by Crippen LogP contribution is 2.27. The second-order valence-electron chi connectivity index (χ2n) is 5.56. The van der Waals surface area contributed by atoms with Gasteiger partial charge < -0.3 is 9.84 Å². The summed E-state index contributed by atoms with van der Waals surface area (Å²) < 4.78 is 5.76. The fraction of sp³-hybridized carbons (Fsp3) is 0.333. The van der Waals surface area contributed by atoms with Crippen molar-refractivity contribution in [2.75, 3.05) is 0 Å². The maximum atomic E-state index is 9.14. The number of ether oxygens (including phenoxy) is 1. The topological polar surface area (TPSA) is 29.5 Å². The summed E-state index contributed by atoms with van der Waals surface area (Å²) in [5, 5.41) is 9.14. The molecular weight excluding hydrogens is 248 g/mol. The molecule has 1 saturated carbocycles. The first-order valence-electron chi connectivity index (χ1n) is 7.19. The first-order valence-corrected chi connectivity index (χ1v) is 7.19. The van der Waals surface area contributed by atoms with Crippen LogP contribution < -0.4 is 4.74 Å². The molecular formula is C18H20O2. The Morgan fingerprint density at radius 2 is 1.75 bits per heavy atom. The standard InChI is InChI=1S/C18H20O2/c1-13-10-15(12-19)2-5-16(13)11-14-3-6-17(7-4-14)20-18-8-9-18/h2-7,10,18-19H,8-9,11-12H2,1H3. The van der Waals surface area contributed by atoms with E-state index in [0.29, 0.717) is 6.10 Å². The third kappa shape index (κ3) is 3.20. The van der Waals surface area contributed by atoms with Crippen LogP contribution in [-0.2, 0) is 13.0 Å². The van der Waals surface area contributed by atoms with E-state index in [0.717, 1.165) is 17.7 Å². The molecule has 0 aromatic heterocycles. The molecule has 0 unspecified atom stereocenters. The molecule has 2 aromatic carbocycles. The summed E-state index contributed by atoms with van der Waals surface area (Å²) in [6.07, 6.45) is 3.76. The van der Waals surface area contributed by atoms with E-state index in [4.69, 9.17) is 9.84 Å². The van der Waals surface area contributed by atoms with Gasteiger partial charge in [0, 0.05) is 0 Å². The van der Waals surface area contributed by atoms with Crippen LogP contribution >= 0.6 is 0 Å². The number of aryl methyl sites for hydroxylation is 1. The molecule has 0 saturated heterocycles. The molecule has 20 heavy (non-hydrogen) atoms. The van der Waals surface area contributed by atoms with Crippen LogP contribution in [0.4, 0.5) is 0 Å². The van der Waals surface area contributed by atoms with Gasteiger partial charge in [0.15, 0.2) is 0 Å². The van der Waals surface area contributed by atoms with Crippen LogP contribution in [0.15, 0.2) is 42.5 Å². The van der Waals surface area contributed by atoms with Gasteiger partial charge in [0.2, 0.25) is 0 Å². The summed E-state index contributed by atoms with van der Waals surface area (Å²) in [7, 11) is 0. The van der Waals surface area contributed by atoms with Crippen molar-refractivity contribution in [3.05, 3.63) is 64.7 Å². The molecule has 2 aromatic rings. The van der Waals surface area contributed by atoms with Crippen molar-refractivity contribution >= 4 is 0 Å². The van der Waals surface area contributed by atoms with Crippen molar-refractivity contribution in [2.45, 2.75) is 38.9 Å². The SMILES string of the molecule is Cc1cc(CO)ccc1Cc1ccc(OC2CC2)cc1. The highest BCUT2D eigenvalue weighted by atomic mass is 16.5. The zero-order valence-electron chi connectivity index (χ0n) is 11.8. The van der Waals surface area contributed by atoms with E-state index in [1.807, 2.05) is 6.07 Å². The number of aliphatic hydroxyl groups is 1. The minimum absolute atomic E-state index is 0.105. The molecule has 2 nitrogen and oxygen atoms in total. The van der Waals surface area contributed by atoms with Gasteiger partial charge in [-0.05, 0) is 60.6 Å². The van der Waals surface area contributed by atoms with Gasteiger partial charge >= 0.3 is 0 Å². The summed E-state index contributed by atoms with van der Waals surface area (Å²) in [4.78, 5) is 0. The predicted octanol–water partition coefficient (Wildman–Crippen LogP) is 3.62. The summed E-state index contributed by atoms with van der Waals surface area (Å²) in [5.74, 6) is 0.976. The minimum atomic E-state index is 0.105. The Bertz CT molecular complexity index is 583. The van der Waals surface area contributed by atoms with Crippen LogP contribution in [-0.4, -0.2) is 11.2 Å². The highest BCUT2D eigenvalue weighted by Gasteiger charge is 2.23. The molecule has 0 radical (unpaired) electrons. The Morgan fingerprint density at radius 1 is 1.05 bits per heavy atom.